The summed E-state index contributed by atoms with van der Waals surface area (Å²) in [6.07, 6.45) is 0. The quantitative estimate of drug-likeness (QED) is 0.764. The molecule has 2 aliphatic rings. The Morgan fingerprint density at radius 1 is 0.643 bits per heavy atom. The van der Waals surface area contributed by atoms with Gasteiger partial charge in [0.1, 0.15) is 13.2 Å². The molecule has 2 heterocycles. The molecule has 8 nitrogen and oxygen atoms in total. The van der Waals surface area contributed by atoms with E-state index in [1.807, 2.05) is 48.5 Å². The van der Waals surface area contributed by atoms with Crippen molar-refractivity contribution in [3.63, 3.8) is 0 Å². The van der Waals surface area contributed by atoms with Gasteiger partial charge in [0.15, 0.2) is 0 Å². The highest BCUT2D eigenvalue weighted by Gasteiger charge is 2.20. The van der Waals surface area contributed by atoms with Gasteiger partial charge in [-0.2, -0.15) is 10.2 Å². The van der Waals surface area contributed by atoms with Gasteiger partial charge in [0.25, 0.3) is 11.8 Å². The van der Waals surface area contributed by atoms with Crippen molar-refractivity contribution in [2.24, 2.45) is 10.2 Å². The molecule has 8 heteroatoms. The number of morpholine rings is 2. The molecular weight excluding hydrogens is 360 g/mol. The topological polar surface area (TPSA) is 83.8 Å². The molecule has 2 amide bonds. The number of amides is 2. The predicted octanol–water partition coefficient (Wildman–Crippen LogP) is 2.83. The second-order valence-electron chi connectivity index (χ2n) is 6.43. The SMILES string of the molecule is O=C1COCCN1c1ccc(N=Nc2ccc(N3CCOCC3=O)cc2)cc1. The maximum atomic E-state index is 11.9. The van der Waals surface area contributed by atoms with Crippen LogP contribution in [0.1, 0.15) is 0 Å². The van der Waals surface area contributed by atoms with Crippen LogP contribution in [-0.2, 0) is 19.1 Å². The van der Waals surface area contributed by atoms with Crippen molar-refractivity contribution < 1.29 is 19.1 Å². The summed E-state index contributed by atoms with van der Waals surface area (Å²) < 4.78 is 10.3. The van der Waals surface area contributed by atoms with Crippen LogP contribution in [0.15, 0.2) is 58.8 Å². The molecule has 0 unspecified atom stereocenters. The molecule has 0 radical (unpaired) electrons. The summed E-state index contributed by atoms with van der Waals surface area (Å²) >= 11 is 0. The van der Waals surface area contributed by atoms with Gasteiger partial charge in [-0.25, -0.2) is 0 Å². The van der Waals surface area contributed by atoms with Crippen LogP contribution in [0.25, 0.3) is 0 Å². The highest BCUT2D eigenvalue weighted by atomic mass is 16.5. The molecule has 0 atom stereocenters. The number of rotatable bonds is 4. The molecule has 2 aromatic carbocycles. The smallest absolute Gasteiger partial charge is 0.253 e. The first-order valence-corrected chi connectivity index (χ1v) is 9.09. The number of nitrogens with zero attached hydrogens (tertiary/aromatic N) is 4. The Morgan fingerprint density at radius 3 is 1.39 bits per heavy atom. The third-order valence-corrected chi connectivity index (χ3v) is 4.58. The van der Waals surface area contributed by atoms with Crippen molar-refractivity contribution in [1.82, 2.24) is 0 Å². The van der Waals surface area contributed by atoms with Crippen LogP contribution in [0.4, 0.5) is 22.7 Å². The molecule has 0 saturated carbocycles. The first-order valence-electron chi connectivity index (χ1n) is 9.09. The van der Waals surface area contributed by atoms with E-state index in [1.165, 1.54) is 0 Å². The number of ether oxygens (including phenoxy) is 2. The standard InChI is InChI=1S/C20H20N4O4/c25-19-13-27-11-9-23(19)17-5-1-15(2-6-17)21-22-16-3-7-18(8-4-16)24-10-12-28-14-20(24)26/h1-8H,9-14H2. The van der Waals surface area contributed by atoms with Crippen LogP contribution in [0.2, 0.25) is 0 Å². The molecule has 2 aromatic rings. The van der Waals surface area contributed by atoms with Gasteiger partial charge in [-0.15, -0.1) is 0 Å². The Kier molecular flexibility index (Phi) is 5.41. The van der Waals surface area contributed by atoms with E-state index >= 15 is 0 Å². The summed E-state index contributed by atoms with van der Waals surface area (Å²) in [5.74, 6) is -0.0843. The number of anilines is 2. The van der Waals surface area contributed by atoms with Crippen molar-refractivity contribution in [2.75, 3.05) is 49.3 Å². The summed E-state index contributed by atoms with van der Waals surface area (Å²) in [5, 5.41) is 8.47. The predicted molar refractivity (Wildman–Crippen MR) is 103 cm³/mol. The summed E-state index contributed by atoms with van der Waals surface area (Å²) in [6.45, 7) is 2.43. The lowest BCUT2D eigenvalue weighted by Crippen LogP contribution is -2.41. The van der Waals surface area contributed by atoms with Crippen LogP contribution in [0, 0.1) is 0 Å². The van der Waals surface area contributed by atoms with Gasteiger partial charge >= 0.3 is 0 Å². The lowest BCUT2D eigenvalue weighted by molar-refractivity contribution is -0.126. The molecule has 28 heavy (non-hydrogen) atoms. The van der Waals surface area contributed by atoms with E-state index < -0.39 is 0 Å². The van der Waals surface area contributed by atoms with E-state index in [0.29, 0.717) is 37.7 Å². The molecule has 2 aliphatic heterocycles. The number of carbonyl (C=O) groups excluding carboxylic acids is 2. The van der Waals surface area contributed by atoms with Gasteiger partial charge < -0.3 is 19.3 Å². The Bertz CT molecular complexity index is 807. The average molecular weight is 380 g/mol. The number of azo groups is 1. The average Bonchev–Trinajstić information content (AvgIpc) is 2.74. The Balaban J connectivity index is 1.41. The van der Waals surface area contributed by atoms with E-state index in [9.17, 15) is 9.59 Å². The van der Waals surface area contributed by atoms with E-state index in [-0.39, 0.29) is 25.0 Å². The molecule has 2 saturated heterocycles. The molecule has 0 spiro atoms. The van der Waals surface area contributed by atoms with E-state index in [2.05, 4.69) is 10.2 Å². The van der Waals surface area contributed by atoms with Gasteiger partial charge in [0.05, 0.1) is 24.6 Å². The summed E-state index contributed by atoms with van der Waals surface area (Å²) in [5.41, 5.74) is 3.03. The number of hydrogen-bond donors (Lipinski definition) is 0. The molecule has 4 rings (SSSR count). The summed E-state index contributed by atoms with van der Waals surface area (Å²) in [7, 11) is 0. The minimum Gasteiger partial charge on any atom is -0.370 e. The largest absolute Gasteiger partial charge is 0.370 e. The molecule has 0 aromatic heterocycles. The van der Waals surface area contributed by atoms with Crippen molar-refractivity contribution in [1.29, 1.82) is 0 Å². The van der Waals surface area contributed by atoms with Crippen LogP contribution < -0.4 is 9.80 Å². The van der Waals surface area contributed by atoms with Crippen LogP contribution in [0.3, 0.4) is 0 Å². The van der Waals surface area contributed by atoms with Crippen molar-refractivity contribution in [2.45, 2.75) is 0 Å². The van der Waals surface area contributed by atoms with E-state index in [4.69, 9.17) is 9.47 Å². The minimum absolute atomic E-state index is 0.0422. The maximum absolute atomic E-state index is 11.9. The fourth-order valence-electron chi connectivity index (χ4n) is 3.10. The van der Waals surface area contributed by atoms with Gasteiger partial charge in [-0.05, 0) is 48.5 Å². The van der Waals surface area contributed by atoms with Gasteiger partial charge in [-0.1, -0.05) is 0 Å². The zero-order chi connectivity index (χ0) is 19.3. The third kappa shape index (κ3) is 4.08. The highest BCUT2D eigenvalue weighted by molar-refractivity contribution is 5.95. The Hall–Kier alpha value is -3.10. The molecule has 2 fully saturated rings. The fourth-order valence-corrected chi connectivity index (χ4v) is 3.10. The zero-order valence-electron chi connectivity index (χ0n) is 15.3. The van der Waals surface area contributed by atoms with E-state index in [0.717, 1.165) is 11.4 Å². The Labute approximate surface area is 162 Å². The molecule has 144 valence electrons. The van der Waals surface area contributed by atoms with Crippen molar-refractivity contribution in [3.05, 3.63) is 48.5 Å². The first-order chi connectivity index (χ1) is 13.7. The molecule has 0 bridgehead atoms. The molecule has 0 N–H and O–H groups in total. The van der Waals surface area contributed by atoms with Crippen LogP contribution in [0.5, 0.6) is 0 Å². The first kappa shape index (κ1) is 18.3. The van der Waals surface area contributed by atoms with Crippen LogP contribution >= 0.6 is 0 Å². The second-order valence-corrected chi connectivity index (χ2v) is 6.43. The monoisotopic (exact) mass is 380 g/mol. The van der Waals surface area contributed by atoms with Gasteiger partial charge in [0, 0.05) is 24.5 Å². The second kappa shape index (κ2) is 8.28. The lowest BCUT2D eigenvalue weighted by atomic mass is 10.2. The molecule has 0 aliphatic carbocycles. The number of carbonyl (C=O) groups is 2. The van der Waals surface area contributed by atoms with Crippen molar-refractivity contribution >= 4 is 34.6 Å². The number of hydrogen-bond acceptors (Lipinski definition) is 6. The maximum Gasteiger partial charge on any atom is 0.253 e. The van der Waals surface area contributed by atoms with Gasteiger partial charge in [0.2, 0.25) is 0 Å². The van der Waals surface area contributed by atoms with Crippen molar-refractivity contribution in [3.8, 4) is 0 Å². The van der Waals surface area contributed by atoms with Gasteiger partial charge in [-0.3, -0.25) is 9.59 Å². The third-order valence-electron chi connectivity index (χ3n) is 4.58. The normalized spacial score (nSPS) is 18.1. The highest BCUT2D eigenvalue weighted by Crippen LogP contribution is 2.25. The minimum atomic E-state index is -0.0422. The number of benzene rings is 2. The van der Waals surface area contributed by atoms with Crippen LogP contribution in [-0.4, -0.2) is 51.3 Å². The summed E-state index contributed by atoms with van der Waals surface area (Å²) in [6, 6.07) is 14.7. The fraction of sp³-hybridized carbons (Fsp3) is 0.300. The summed E-state index contributed by atoms with van der Waals surface area (Å²) in [4.78, 5) is 27.2. The van der Waals surface area contributed by atoms with E-state index in [1.54, 1.807) is 9.80 Å². The lowest BCUT2D eigenvalue weighted by Gasteiger charge is -2.26. The molecular formula is C20H20N4O4. The zero-order valence-corrected chi connectivity index (χ0v) is 15.3. The Morgan fingerprint density at radius 2 is 1.04 bits per heavy atom.